The van der Waals surface area contributed by atoms with E-state index in [4.69, 9.17) is 4.74 Å². The van der Waals surface area contributed by atoms with Crippen molar-refractivity contribution in [2.45, 2.75) is 31.0 Å². The van der Waals surface area contributed by atoms with Crippen LogP contribution >= 0.6 is 0 Å². The molecule has 2 N–H and O–H groups in total. The zero-order valence-electron chi connectivity index (χ0n) is 21.2. The number of anilines is 1. The van der Waals surface area contributed by atoms with Crippen molar-refractivity contribution in [3.63, 3.8) is 0 Å². The first-order chi connectivity index (χ1) is 19.0. The number of carbonyl (C=O) groups excluding carboxylic acids is 2. The molecule has 8 nitrogen and oxygen atoms in total. The predicted octanol–water partition coefficient (Wildman–Crippen LogP) is 5.12. The molecule has 1 aromatic heterocycles. The molecule has 1 saturated carbocycles. The maximum absolute atomic E-state index is 14.9. The molecule has 9 heteroatoms. The quantitative estimate of drug-likeness (QED) is 0.279. The highest BCUT2D eigenvalue weighted by Crippen LogP contribution is 2.37. The first kappa shape index (κ1) is 25.8. The number of halogens is 1. The Morgan fingerprint density at radius 3 is 2.59 bits per heavy atom. The molecule has 2 atom stereocenters. The maximum atomic E-state index is 14.9. The van der Waals surface area contributed by atoms with E-state index in [-0.39, 0.29) is 23.9 Å². The summed E-state index contributed by atoms with van der Waals surface area (Å²) in [4.78, 5) is 26.5. The average molecular weight is 524 g/mol. The molecule has 0 saturated heterocycles. The van der Waals surface area contributed by atoms with Crippen LogP contribution < -0.4 is 5.32 Å². The average Bonchev–Trinajstić information content (AvgIpc) is 3.70. The van der Waals surface area contributed by atoms with Crippen LogP contribution in [0.3, 0.4) is 0 Å². The molecule has 5 rings (SSSR count). The topological polar surface area (TPSA) is 111 Å². The summed E-state index contributed by atoms with van der Waals surface area (Å²) in [6, 6.07) is 25.1. The number of benzene rings is 3. The fourth-order valence-electron chi connectivity index (χ4n) is 4.73. The third-order valence-electron chi connectivity index (χ3n) is 6.82. The highest BCUT2D eigenvalue weighted by molar-refractivity contribution is 6.03. The van der Waals surface area contributed by atoms with E-state index >= 15 is 0 Å². The van der Waals surface area contributed by atoms with E-state index in [1.54, 1.807) is 36.4 Å². The molecule has 1 aliphatic rings. The molecular formula is C30H26FN5O3. The highest BCUT2D eigenvalue weighted by Gasteiger charge is 2.33. The maximum Gasteiger partial charge on any atom is 0.294 e. The van der Waals surface area contributed by atoms with E-state index in [0.717, 1.165) is 24.0 Å². The Morgan fingerprint density at radius 1 is 1.10 bits per heavy atom. The second-order valence-electron chi connectivity index (χ2n) is 9.46. The van der Waals surface area contributed by atoms with E-state index in [9.17, 15) is 19.2 Å². The first-order valence-corrected chi connectivity index (χ1v) is 12.5. The molecule has 0 aliphatic heterocycles. The lowest BCUT2D eigenvalue weighted by Crippen LogP contribution is -2.27. The van der Waals surface area contributed by atoms with Gasteiger partial charge in [-0.25, -0.2) is 4.39 Å². The van der Waals surface area contributed by atoms with Gasteiger partial charge in [0.1, 0.15) is 5.82 Å². The largest absolute Gasteiger partial charge is 0.453 e. The summed E-state index contributed by atoms with van der Waals surface area (Å²) in [5.41, 5.74) is 3.20. The SMILES string of the molecule is CN(C1CC1)C(c1ccccc1)c1ccc(F)c(NC(=O)c2cc(C(OC=O)c3cccc(C#N)c3)[nH]n2)c1. The van der Waals surface area contributed by atoms with E-state index in [1.807, 2.05) is 36.4 Å². The molecular weight excluding hydrogens is 497 g/mol. The van der Waals surface area contributed by atoms with Gasteiger partial charge in [-0.1, -0.05) is 48.5 Å². The van der Waals surface area contributed by atoms with Gasteiger partial charge in [-0.05, 0) is 66.9 Å². The summed E-state index contributed by atoms with van der Waals surface area (Å²) in [5.74, 6) is -1.20. The Bertz CT molecular complexity index is 1530. The molecule has 39 heavy (non-hydrogen) atoms. The van der Waals surface area contributed by atoms with Crippen LogP contribution in [0, 0.1) is 17.1 Å². The van der Waals surface area contributed by atoms with E-state index in [0.29, 0.717) is 22.9 Å². The summed E-state index contributed by atoms with van der Waals surface area (Å²) < 4.78 is 20.1. The van der Waals surface area contributed by atoms with Crippen molar-refractivity contribution in [3.8, 4) is 6.07 Å². The number of hydrogen-bond donors (Lipinski definition) is 2. The highest BCUT2D eigenvalue weighted by atomic mass is 19.1. The molecule has 1 fully saturated rings. The lowest BCUT2D eigenvalue weighted by Gasteiger charge is -2.29. The smallest absolute Gasteiger partial charge is 0.294 e. The third kappa shape index (κ3) is 5.71. The van der Waals surface area contributed by atoms with Crippen molar-refractivity contribution >= 4 is 18.1 Å². The standard InChI is InChI=1S/C30H26FN5O3/c1-36(23-11-12-23)28(20-7-3-2-4-8-20)21-10-13-24(31)25(15-21)33-30(38)27-16-26(34-35-27)29(39-18-37)22-9-5-6-19(14-22)17-32/h2-10,13-16,18,23,28-29H,11-12H2,1H3,(H,33,38)(H,34,35). The van der Waals surface area contributed by atoms with E-state index < -0.39 is 17.8 Å². The summed E-state index contributed by atoms with van der Waals surface area (Å²) >= 11 is 0. The van der Waals surface area contributed by atoms with Crippen molar-refractivity contribution in [3.05, 3.63) is 118 Å². The lowest BCUT2D eigenvalue weighted by molar-refractivity contribution is -0.132. The van der Waals surface area contributed by atoms with Crippen LogP contribution in [0.4, 0.5) is 10.1 Å². The Labute approximate surface area is 225 Å². The molecule has 0 radical (unpaired) electrons. The van der Waals surface area contributed by atoms with Gasteiger partial charge in [-0.15, -0.1) is 0 Å². The number of nitriles is 1. The number of rotatable bonds is 10. The molecule has 196 valence electrons. The van der Waals surface area contributed by atoms with Gasteiger partial charge in [0.15, 0.2) is 11.8 Å². The van der Waals surface area contributed by atoms with Gasteiger partial charge in [-0.2, -0.15) is 10.4 Å². The van der Waals surface area contributed by atoms with Crippen LogP contribution in [0.5, 0.6) is 0 Å². The zero-order chi connectivity index (χ0) is 27.4. The third-order valence-corrected chi connectivity index (χ3v) is 6.82. The number of nitrogens with one attached hydrogen (secondary N) is 2. The second-order valence-corrected chi connectivity index (χ2v) is 9.46. The number of H-pyrrole nitrogens is 1. The molecule has 4 aromatic rings. The van der Waals surface area contributed by atoms with Gasteiger partial charge < -0.3 is 10.1 Å². The van der Waals surface area contributed by atoms with Gasteiger partial charge >= 0.3 is 0 Å². The van der Waals surface area contributed by atoms with Gasteiger partial charge in [0.2, 0.25) is 0 Å². The van der Waals surface area contributed by atoms with Gasteiger partial charge in [0, 0.05) is 6.04 Å². The second kappa shape index (κ2) is 11.3. The molecule has 0 spiro atoms. The number of ether oxygens (including phenoxy) is 1. The summed E-state index contributed by atoms with van der Waals surface area (Å²) in [6.07, 6.45) is 1.32. The monoisotopic (exact) mass is 523 g/mol. The number of nitrogens with zero attached hydrogens (tertiary/aromatic N) is 3. The van der Waals surface area contributed by atoms with Crippen molar-refractivity contribution in [2.75, 3.05) is 12.4 Å². The van der Waals surface area contributed by atoms with Crippen LogP contribution in [-0.2, 0) is 9.53 Å². The molecule has 3 aromatic carbocycles. The first-order valence-electron chi connectivity index (χ1n) is 12.5. The van der Waals surface area contributed by atoms with Crippen molar-refractivity contribution in [1.29, 1.82) is 5.26 Å². The minimum atomic E-state index is -0.908. The number of carbonyl (C=O) groups is 2. The van der Waals surface area contributed by atoms with Gasteiger partial charge in [0.05, 0.1) is 29.1 Å². The van der Waals surface area contributed by atoms with Crippen LogP contribution in [0.15, 0.2) is 78.9 Å². The minimum Gasteiger partial charge on any atom is -0.453 e. The van der Waals surface area contributed by atoms with E-state index in [2.05, 4.69) is 27.5 Å². The number of aromatic nitrogens is 2. The van der Waals surface area contributed by atoms with Crippen molar-refractivity contribution in [1.82, 2.24) is 15.1 Å². The normalized spacial score (nSPS) is 14.3. The number of hydrogen-bond acceptors (Lipinski definition) is 6. The fourth-order valence-corrected chi connectivity index (χ4v) is 4.73. The summed E-state index contributed by atoms with van der Waals surface area (Å²) in [6.45, 7) is 0.285. The molecule has 1 aliphatic carbocycles. The van der Waals surface area contributed by atoms with Gasteiger partial charge in [-0.3, -0.25) is 19.6 Å². The van der Waals surface area contributed by atoms with Crippen LogP contribution in [-0.4, -0.2) is 40.6 Å². The summed E-state index contributed by atoms with van der Waals surface area (Å²) in [5, 5.41) is 18.6. The van der Waals surface area contributed by atoms with Crippen molar-refractivity contribution in [2.24, 2.45) is 0 Å². The van der Waals surface area contributed by atoms with Crippen molar-refractivity contribution < 1.29 is 18.7 Å². The Hall–Kier alpha value is -4.81. The Balaban J connectivity index is 1.40. The molecule has 1 heterocycles. The number of aromatic amines is 1. The molecule has 2 unspecified atom stereocenters. The van der Waals surface area contributed by atoms with Crippen LogP contribution in [0.2, 0.25) is 0 Å². The number of amides is 1. The van der Waals surface area contributed by atoms with Crippen LogP contribution in [0.25, 0.3) is 0 Å². The Morgan fingerprint density at radius 2 is 1.87 bits per heavy atom. The molecule has 0 bridgehead atoms. The summed E-state index contributed by atoms with van der Waals surface area (Å²) in [7, 11) is 2.06. The van der Waals surface area contributed by atoms with E-state index in [1.165, 1.54) is 12.1 Å². The predicted molar refractivity (Wildman–Crippen MR) is 142 cm³/mol. The fraction of sp³-hybridized carbons (Fsp3) is 0.200. The zero-order valence-corrected chi connectivity index (χ0v) is 21.2. The lowest BCUT2D eigenvalue weighted by atomic mass is 9.96. The molecule has 1 amide bonds. The minimum absolute atomic E-state index is 0.0135. The Kier molecular flexibility index (Phi) is 7.48. The van der Waals surface area contributed by atoms with Crippen LogP contribution in [0.1, 0.15) is 63.4 Å². The van der Waals surface area contributed by atoms with Gasteiger partial charge in [0.25, 0.3) is 12.4 Å².